The van der Waals surface area contributed by atoms with Crippen molar-refractivity contribution in [2.75, 3.05) is 60.9 Å². The Balaban J connectivity index is 1.47. The van der Waals surface area contributed by atoms with Crippen LogP contribution < -0.4 is 0 Å². The van der Waals surface area contributed by atoms with Crippen molar-refractivity contribution in [2.24, 2.45) is 55.7 Å². The van der Waals surface area contributed by atoms with Crippen LogP contribution in [0.1, 0.15) is 133 Å². The summed E-state index contributed by atoms with van der Waals surface area (Å²) in [5.41, 5.74) is -0.177. The van der Waals surface area contributed by atoms with Gasteiger partial charge in [0.1, 0.15) is 6.10 Å². The molecule has 9 heteroatoms. The molecule has 4 fully saturated rings. The molecular weight excluding hydrogens is 691 g/mol. The fraction of sp³-hybridized carbons (Fsp3) is 0.870. The Morgan fingerprint density at radius 3 is 1.93 bits per heavy atom. The number of hydrogen-bond acceptors (Lipinski definition) is 8. The molecule has 0 saturated heterocycles. The fourth-order valence-electron chi connectivity index (χ4n) is 13.3. The Morgan fingerprint density at radius 2 is 1.38 bits per heavy atom. The molecule has 5 aliphatic carbocycles. The number of nitrogens with zero attached hydrogens (tertiary/aromatic N) is 3. The van der Waals surface area contributed by atoms with Crippen LogP contribution in [-0.4, -0.2) is 110 Å². The minimum atomic E-state index is -1.18. The Morgan fingerprint density at radius 1 is 0.800 bits per heavy atom. The summed E-state index contributed by atoms with van der Waals surface area (Å²) in [7, 11) is 8.32. The zero-order valence-corrected chi connectivity index (χ0v) is 37.2. The van der Waals surface area contributed by atoms with Crippen LogP contribution in [0.2, 0.25) is 0 Å². The van der Waals surface area contributed by atoms with Gasteiger partial charge in [-0.25, -0.2) is 0 Å². The lowest BCUT2D eigenvalue weighted by Crippen LogP contribution is -2.69. The van der Waals surface area contributed by atoms with E-state index < -0.39 is 22.8 Å². The second-order valence-electron chi connectivity index (χ2n) is 21.8. The molecule has 1 unspecified atom stereocenters. The zero-order chi connectivity index (χ0) is 41.3. The lowest BCUT2D eigenvalue weighted by molar-refractivity contribution is -0.270. The number of esters is 1. The van der Waals surface area contributed by atoms with E-state index in [9.17, 15) is 19.5 Å². The van der Waals surface area contributed by atoms with E-state index in [0.29, 0.717) is 18.9 Å². The molecule has 9 nitrogen and oxygen atoms in total. The molecule has 0 spiro atoms. The van der Waals surface area contributed by atoms with E-state index in [1.807, 2.05) is 0 Å². The van der Waals surface area contributed by atoms with Crippen LogP contribution in [0.4, 0.5) is 0 Å². The molecule has 0 aromatic heterocycles. The lowest BCUT2D eigenvalue weighted by atomic mass is 9.29. The van der Waals surface area contributed by atoms with Crippen molar-refractivity contribution in [3.8, 4) is 0 Å². The first kappa shape index (κ1) is 44.0. The molecule has 1 N–H and O–H groups in total. The molecule has 0 radical (unpaired) electrons. The first-order chi connectivity index (χ1) is 25.2. The summed E-state index contributed by atoms with van der Waals surface area (Å²) >= 11 is 0. The Kier molecular flexibility index (Phi) is 11.9. The molecule has 8 atom stereocenters. The maximum Gasteiger partial charge on any atom is 0.309 e. The highest BCUT2D eigenvalue weighted by atomic mass is 16.5. The molecular formula is C46H77N3O6. The Hall–Kier alpha value is -2.10. The van der Waals surface area contributed by atoms with Gasteiger partial charge < -0.3 is 19.6 Å². The number of ether oxygens (including phenoxy) is 1. The summed E-state index contributed by atoms with van der Waals surface area (Å²) in [6, 6.07) is 0. The quantitative estimate of drug-likeness (QED) is 0.178. The molecule has 0 aromatic rings. The molecule has 4 saturated carbocycles. The van der Waals surface area contributed by atoms with Crippen LogP contribution in [0.3, 0.4) is 0 Å². The number of likely N-dealkylation sites (N-methyl/N-ethyl adjacent to an activating group) is 2. The van der Waals surface area contributed by atoms with Crippen LogP contribution in [0.5, 0.6) is 0 Å². The number of rotatable bonds is 14. The van der Waals surface area contributed by atoms with Crippen molar-refractivity contribution in [2.45, 2.75) is 140 Å². The topological polar surface area (TPSA) is 107 Å². The van der Waals surface area contributed by atoms with Crippen LogP contribution in [0, 0.1) is 55.7 Å². The van der Waals surface area contributed by atoms with Crippen LogP contribution in [0.15, 0.2) is 11.1 Å². The van der Waals surface area contributed by atoms with Crippen molar-refractivity contribution in [3.05, 3.63) is 11.1 Å². The number of Topliss-reactive ketones (excluding diaryl/α,β-unsaturated/α-hetero) is 2. The summed E-state index contributed by atoms with van der Waals surface area (Å²) < 4.78 is 6.24. The number of ketones is 2. The maximum atomic E-state index is 15.0. The van der Waals surface area contributed by atoms with Gasteiger partial charge in [0.25, 0.3) is 0 Å². The predicted octanol–water partition coefficient (Wildman–Crippen LogP) is 7.76. The van der Waals surface area contributed by atoms with Gasteiger partial charge in [-0.3, -0.25) is 24.1 Å². The van der Waals surface area contributed by atoms with E-state index in [-0.39, 0.29) is 63.0 Å². The second-order valence-corrected chi connectivity index (χ2v) is 21.8. The minimum Gasteiger partial charge on any atom is -0.481 e. The third kappa shape index (κ3) is 7.00. The van der Waals surface area contributed by atoms with E-state index in [4.69, 9.17) is 4.74 Å². The van der Waals surface area contributed by atoms with Crippen molar-refractivity contribution >= 4 is 23.5 Å². The smallest absolute Gasteiger partial charge is 0.309 e. The monoisotopic (exact) mass is 768 g/mol. The zero-order valence-electron chi connectivity index (χ0n) is 37.2. The third-order valence-corrected chi connectivity index (χ3v) is 17.5. The average Bonchev–Trinajstić information content (AvgIpc) is 3.38. The van der Waals surface area contributed by atoms with Crippen molar-refractivity contribution < 1.29 is 29.0 Å². The van der Waals surface area contributed by atoms with Crippen LogP contribution in [0.25, 0.3) is 0 Å². The van der Waals surface area contributed by atoms with Gasteiger partial charge in [0.05, 0.1) is 23.8 Å². The molecule has 0 amide bonds. The summed E-state index contributed by atoms with van der Waals surface area (Å²) in [6.07, 6.45) is 7.43. The molecule has 0 aromatic carbocycles. The standard InChI is InChI=1S/C46H77N3O6/c1-30(2)37-32(50)27-46(34(51)29-49(25-23-47(11)12)26-24-48(13)14)22-20-42(7)31(38(37)46)15-16-33-43(42,8)19-21-45(10)41(5,6)35(17-18-44(33,45)9)55-36(52)28-40(3,4)39(53)54/h30-31,33,35H,15-29H2,1-14H3,(H,53,54)/t31-,33+,35+,42-,43-,44-,45-,46?/m1/s1. The summed E-state index contributed by atoms with van der Waals surface area (Å²) in [5, 5.41) is 9.67. The SMILES string of the molecule is CC(C)C1=C2[C@H]3CC[C@H]4[C@@](C)(CC[C@]5(C)C(C)(C)[C@@H](OC(=O)CC(C)(C)C(=O)O)CC[C@]45C)[C@]3(C)CCC2(C(=O)CN(CCN(C)C)CCN(C)C)CC1=O. The lowest BCUT2D eigenvalue weighted by Gasteiger charge is -2.75. The highest BCUT2D eigenvalue weighted by molar-refractivity contribution is 6.07. The van der Waals surface area contributed by atoms with Gasteiger partial charge in [0, 0.05) is 38.0 Å². The van der Waals surface area contributed by atoms with Gasteiger partial charge in [0.2, 0.25) is 0 Å². The number of carbonyl (C=O) groups excluding carboxylic acids is 3. The van der Waals surface area contributed by atoms with Gasteiger partial charge in [0.15, 0.2) is 11.6 Å². The van der Waals surface area contributed by atoms with E-state index in [0.717, 1.165) is 83.1 Å². The van der Waals surface area contributed by atoms with Gasteiger partial charge in [-0.1, -0.05) is 55.4 Å². The van der Waals surface area contributed by atoms with Crippen molar-refractivity contribution in [1.29, 1.82) is 0 Å². The number of carboxylic acids is 1. The molecule has 312 valence electrons. The number of hydrogen-bond donors (Lipinski definition) is 1. The summed E-state index contributed by atoms with van der Waals surface area (Å²) in [4.78, 5) is 60.9. The van der Waals surface area contributed by atoms with Gasteiger partial charge in [-0.15, -0.1) is 0 Å². The maximum absolute atomic E-state index is 15.0. The molecule has 5 aliphatic rings. The van der Waals surface area contributed by atoms with Crippen LogP contribution in [-0.2, 0) is 23.9 Å². The molecule has 0 bridgehead atoms. The van der Waals surface area contributed by atoms with Gasteiger partial charge in [-0.2, -0.15) is 0 Å². The largest absolute Gasteiger partial charge is 0.481 e. The highest BCUT2D eigenvalue weighted by Crippen LogP contribution is 2.79. The fourth-order valence-corrected chi connectivity index (χ4v) is 13.3. The first-order valence-corrected chi connectivity index (χ1v) is 21.5. The number of aliphatic carboxylic acids is 1. The van der Waals surface area contributed by atoms with E-state index >= 15 is 4.79 Å². The molecule has 5 rings (SSSR count). The van der Waals surface area contributed by atoms with Gasteiger partial charge in [-0.05, 0) is 144 Å². The average molecular weight is 768 g/mol. The summed E-state index contributed by atoms with van der Waals surface area (Å²) in [6.45, 7) is 25.9. The highest BCUT2D eigenvalue weighted by Gasteiger charge is 2.73. The first-order valence-electron chi connectivity index (χ1n) is 21.5. The normalized spacial score (nSPS) is 37.2. The predicted molar refractivity (Wildman–Crippen MR) is 219 cm³/mol. The molecule has 55 heavy (non-hydrogen) atoms. The Bertz CT molecular complexity index is 1550. The van der Waals surface area contributed by atoms with E-state index in [1.54, 1.807) is 13.8 Å². The second kappa shape index (κ2) is 14.9. The number of fused-ring (bicyclic) bond motifs is 7. The van der Waals surface area contributed by atoms with Crippen molar-refractivity contribution in [3.63, 3.8) is 0 Å². The number of allylic oxidation sites excluding steroid dienone is 2. The van der Waals surface area contributed by atoms with E-state index in [2.05, 4.69) is 98.3 Å². The summed E-state index contributed by atoms with van der Waals surface area (Å²) in [5.74, 6) is -0.246. The Labute approximate surface area is 333 Å². The van der Waals surface area contributed by atoms with Crippen LogP contribution >= 0.6 is 0 Å². The molecule has 0 heterocycles. The number of carboxylic acid groups (broad SMARTS) is 1. The number of carbonyl (C=O) groups is 4. The minimum absolute atomic E-state index is 0.00860. The van der Waals surface area contributed by atoms with Gasteiger partial charge >= 0.3 is 11.9 Å². The molecule has 0 aliphatic heterocycles. The van der Waals surface area contributed by atoms with Crippen molar-refractivity contribution in [1.82, 2.24) is 14.7 Å². The third-order valence-electron chi connectivity index (χ3n) is 17.5. The van der Waals surface area contributed by atoms with E-state index in [1.165, 1.54) is 5.57 Å².